The van der Waals surface area contributed by atoms with Crippen LogP contribution in [0.15, 0.2) is 119 Å². The summed E-state index contributed by atoms with van der Waals surface area (Å²) in [4.78, 5) is 36.2. The number of nitrogens with zero attached hydrogens (tertiary/aromatic N) is 3. The molecule has 2 amide bonds. The third kappa shape index (κ3) is 6.99. The molecule has 0 atom stereocenters. The highest BCUT2D eigenvalue weighted by Crippen LogP contribution is 2.32. The molecule has 0 radical (unpaired) electrons. The predicted octanol–water partition coefficient (Wildman–Crippen LogP) is 4.58. The van der Waals surface area contributed by atoms with Gasteiger partial charge in [-0.05, 0) is 55.0 Å². The normalized spacial score (nSPS) is 11.4. The van der Waals surface area contributed by atoms with Gasteiger partial charge in [0.05, 0.1) is 15.5 Å². The van der Waals surface area contributed by atoms with Gasteiger partial charge in [-0.3, -0.25) is 19.7 Å². The van der Waals surface area contributed by atoms with Gasteiger partial charge in [-0.2, -0.15) is 5.10 Å². The molecule has 0 aliphatic rings. The number of hydrogen-bond donors (Lipinski definition) is 2. The fraction of sp³-hybridized carbons (Fsp3) is 0.0690. The highest BCUT2D eigenvalue weighted by Gasteiger charge is 2.31. The molecule has 0 saturated carbocycles. The number of nitro benzene ring substituents is 1. The molecule has 208 valence electrons. The van der Waals surface area contributed by atoms with E-state index in [0.29, 0.717) is 26.8 Å². The second-order valence-electron chi connectivity index (χ2n) is 8.70. The molecule has 0 fully saturated rings. The van der Waals surface area contributed by atoms with Gasteiger partial charge in [0.1, 0.15) is 12.2 Å². The number of carbonyl (C=O) groups excluding carboxylic acids is 2. The van der Waals surface area contributed by atoms with Crippen LogP contribution in [-0.4, -0.2) is 37.4 Å². The third-order valence-corrected chi connectivity index (χ3v) is 7.66. The molecule has 0 saturated heterocycles. The van der Waals surface area contributed by atoms with Crippen LogP contribution < -0.4 is 15.0 Å². The van der Waals surface area contributed by atoms with Gasteiger partial charge in [-0.1, -0.05) is 60.7 Å². The molecule has 4 aromatic rings. The molecule has 11 nitrogen and oxygen atoms in total. The first-order valence-electron chi connectivity index (χ1n) is 12.3. The maximum atomic E-state index is 13.5. The summed E-state index contributed by atoms with van der Waals surface area (Å²) in [5.41, 5.74) is 3.54. The first-order chi connectivity index (χ1) is 19.7. The average Bonchev–Trinajstić information content (AvgIpc) is 2.99. The maximum Gasteiger partial charge on any atom is 0.293 e. The molecular formula is C29H25N5O6S. The Balaban J connectivity index is 1.55. The number of anilines is 2. The summed E-state index contributed by atoms with van der Waals surface area (Å²) in [6.07, 6.45) is 0. The second kappa shape index (κ2) is 12.7. The molecule has 0 aliphatic heterocycles. The van der Waals surface area contributed by atoms with Crippen LogP contribution in [0.3, 0.4) is 0 Å². The van der Waals surface area contributed by atoms with Gasteiger partial charge in [0.25, 0.3) is 27.5 Å². The highest BCUT2D eigenvalue weighted by atomic mass is 32.2. The maximum absolute atomic E-state index is 13.5. The lowest BCUT2D eigenvalue weighted by Crippen LogP contribution is -2.40. The van der Waals surface area contributed by atoms with Crippen LogP contribution in [0.4, 0.5) is 17.1 Å². The number of amides is 2. The van der Waals surface area contributed by atoms with Crippen molar-refractivity contribution in [2.75, 3.05) is 16.2 Å². The summed E-state index contributed by atoms with van der Waals surface area (Å²) >= 11 is 0. The smallest absolute Gasteiger partial charge is 0.293 e. The van der Waals surface area contributed by atoms with E-state index < -0.39 is 33.1 Å². The first-order valence-corrected chi connectivity index (χ1v) is 13.7. The molecule has 0 heterocycles. The topological polar surface area (TPSA) is 151 Å². The van der Waals surface area contributed by atoms with Crippen molar-refractivity contribution < 1.29 is 22.9 Å². The van der Waals surface area contributed by atoms with Crippen LogP contribution in [-0.2, 0) is 14.8 Å². The zero-order valence-corrected chi connectivity index (χ0v) is 22.6. The van der Waals surface area contributed by atoms with Crippen molar-refractivity contribution in [2.24, 2.45) is 5.10 Å². The first kappa shape index (κ1) is 28.6. The Kier molecular flexibility index (Phi) is 8.85. The van der Waals surface area contributed by atoms with Crippen molar-refractivity contribution >= 4 is 44.6 Å². The van der Waals surface area contributed by atoms with Crippen molar-refractivity contribution in [2.45, 2.75) is 11.8 Å². The zero-order chi connectivity index (χ0) is 29.4. The lowest BCUT2D eigenvalue weighted by Gasteiger charge is -2.23. The summed E-state index contributed by atoms with van der Waals surface area (Å²) in [6, 6.07) is 28.1. The van der Waals surface area contributed by atoms with Gasteiger partial charge in [0.15, 0.2) is 0 Å². The molecule has 41 heavy (non-hydrogen) atoms. The van der Waals surface area contributed by atoms with E-state index in [4.69, 9.17) is 0 Å². The number of sulfonamides is 1. The molecule has 4 rings (SSSR count). The molecule has 12 heteroatoms. The van der Waals surface area contributed by atoms with E-state index in [1.54, 1.807) is 61.5 Å². The molecule has 4 aromatic carbocycles. The Bertz CT molecular complexity index is 1710. The third-order valence-electron chi connectivity index (χ3n) is 5.89. The monoisotopic (exact) mass is 571 g/mol. The van der Waals surface area contributed by atoms with E-state index in [1.807, 2.05) is 6.07 Å². The van der Waals surface area contributed by atoms with Gasteiger partial charge >= 0.3 is 0 Å². The SMILES string of the molecule is C/C(=N/NC(=O)CN(c1ccccc1[N+](=O)[O-])S(=O)(=O)c1ccccc1)c1cccc(NC(=O)c2ccccc2)c1. The number of benzene rings is 4. The highest BCUT2D eigenvalue weighted by molar-refractivity contribution is 7.92. The lowest BCUT2D eigenvalue weighted by molar-refractivity contribution is -0.384. The van der Waals surface area contributed by atoms with E-state index in [1.165, 1.54) is 42.5 Å². The summed E-state index contributed by atoms with van der Waals surface area (Å²) in [5, 5.41) is 18.5. The van der Waals surface area contributed by atoms with Crippen molar-refractivity contribution in [1.82, 2.24) is 5.43 Å². The number of hydrazone groups is 1. The van der Waals surface area contributed by atoms with Crippen LogP contribution in [0.1, 0.15) is 22.8 Å². The summed E-state index contributed by atoms with van der Waals surface area (Å²) in [5.74, 6) is -1.11. The van der Waals surface area contributed by atoms with Crippen molar-refractivity contribution in [3.63, 3.8) is 0 Å². The Hall–Kier alpha value is -5.36. The number of rotatable bonds is 10. The minimum atomic E-state index is -4.36. The molecule has 0 aromatic heterocycles. The fourth-order valence-electron chi connectivity index (χ4n) is 3.84. The van der Waals surface area contributed by atoms with Crippen LogP contribution in [0, 0.1) is 10.1 Å². The van der Waals surface area contributed by atoms with Crippen LogP contribution in [0.25, 0.3) is 0 Å². The number of nitro groups is 1. The Morgan fingerprint density at radius 2 is 1.46 bits per heavy atom. The second-order valence-corrected chi connectivity index (χ2v) is 10.6. The van der Waals surface area contributed by atoms with E-state index in [-0.39, 0.29) is 16.5 Å². The van der Waals surface area contributed by atoms with Crippen molar-refractivity contribution in [1.29, 1.82) is 0 Å². The minimum Gasteiger partial charge on any atom is -0.322 e. The largest absolute Gasteiger partial charge is 0.322 e. The van der Waals surface area contributed by atoms with Gasteiger partial charge in [0.2, 0.25) is 0 Å². The van der Waals surface area contributed by atoms with Crippen molar-refractivity contribution in [3.05, 3.63) is 130 Å². The molecular weight excluding hydrogens is 546 g/mol. The number of carbonyl (C=O) groups is 2. The minimum absolute atomic E-state index is 0.139. The molecule has 0 unspecified atom stereocenters. The standard InChI is InChI=1S/C29H25N5O6S/c1-21(23-13-10-14-24(19-23)30-29(36)22-11-4-2-5-12-22)31-32-28(35)20-33(26-17-8-9-18-27(26)34(37)38)41(39,40)25-15-6-3-7-16-25/h2-19H,20H2,1H3,(H,30,36)(H,32,35)/b31-21-. The van der Waals surface area contributed by atoms with E-state index in [0.717, 1.165) is 6.07 Å². The Labute approximate surface area is 236 Å². The summed E-state index contributed by atoms with van der Waals surface area (Å²) in [7, 11) is -4.36. The Morgan fingerprint density at radius 1 is 0.854 bits per heavy atom. The molecule has 0 bridgehead atoms. The molecule has 0 spiro atoms. The van der Waals surface area contributed by atoms with E-state index >= 15 is 0 Å². The average molecular weight is 572 g/mol. The Morgan fingerprint density at radius 3 is 2.15 bits per heavy atom. The van der Waals surface area contributed by atoms with E-state index in [2.05, 4.69) is 15.8 Å². The van der Waals surface area contributed by atoms with Crippen molar-refractivity contribution in [3.8, 4) is 0 Å². The molecule has 0 aliphatic carbocycles. The van der Waals surface area contributed by atoms with E-state index in [9.17, 15) is 28.1 Å². The van der Waals surface area contributed by atoms with Crippen LogP contribution in [0.2, 0.25) is 0 Å². The summed E-state index contributed by atoms with van der Waals surface area (Å²) < 4.78 is 27.6. The lowest BCUT2D eigenvalue weighted by atomic mass is 10.1. The van der Waals surface area contributed by atoms with Gasteiger partial charge in [-0.25, -0.2) is 18.1 Å². The number of hydrogen-bond acceptors (Lipinski definition) is 7. The molecule has 2 N–H and O–H groups in total. The van der Waals surface area contributed by atoms with Gasteiger partial charge in [-0.15, -0.1) is 0 Å². The summed E-state index contributed by atoms with van der Waals surface area (Å²) in [6.45, 7) is 0.852. The fourth-order valence-corrected chi connectivity index (χ4v) is 5.30. The van der Waals surface area contributed by atoms with Crippen LogP contribution in [0.5, 0.6) is 0 Å². The van der Waals surface area contributed by atoms with Gasteiger partial charge in [0, 0.05) is 17.3 Å². The van der Waals surface area contributed by atoms with Gasteiger partial charge < -0.3 is 5.32 Å². The number of para-hydroxylation sites is 2. The zero-order valence-electron chi connectivity index (χ0n) is 21.8. The predicted molar refractivity (Wildman–Crippen MR) is 155 cm³/mol. The van der Waals surface area contributed by atoms with Crippen LogP contribution >= 0.6 is 0 Å². The quantitative estimate of drug-likeness (QED) is 0.162. The number of nitrogens with one attached hydrogen (secondary N) is 2.